The van der Waals surface area contributed by atoms with E-state index in [4.69, 9.17) is 28.4 Å². The molecule has 0 heterocycles. The number of aryl methyl sites for hydroxylation is 3. The first-order valence-electron chi connectivity index (χ1n) is 14.4. The van der Waals surface area contributed by atoms with Crippen LogP contribution >= 0.6 is 0 Å². The summed E-state index contributed by atoms with van der Waals surface area (Å²) in [5.41, 5.74) is 7.94. The van der Waals surface area contributed by atoms with Gasteiger partial charge in [-0.3, -0.25) is 0 Å². The van der Waals surface area contributed by atoms with E-state index in [2.05, 4.69) is 64.1 Å². The van der Waals surface area contributed by atoms with Gasteiger partial charge in [-0.05, 0) is 73.9 Å². The van der Waals surface area contributed by atoms with Crippen LogP contribution in [0.2, 0.25) is 0 Å². The van der Waals surface area contributed by atoms with Crippen molar-refractivity contribution in [1.82, 2.24) is 0 Å². The van der Waals surface area contributed by atoms with E-state index in [1.807, 2.05) is 20.8 Å². The summed E-state index contributed by atoms with van der Waals surface area (Å²) in [5, 5.41) is 3.99. The Balaban J connectivity index is 0.00000529. The second-order valence-electron chi connectivity index (χ2n) is 11.3. The van der Waals surface area contributed by atoms with Crippen molar-refractivity contribution in [3.63, 3.8) is 0 Å². The number of hydrogen-bond donors (Lipinski definition) is 0. The summed E-state index contributed by atoms with van der Waals surface area (Å²) < 4.78 is 37.7. The number of rotatable bonds is 10. The molecule has 0 atom stereocenters. The van der Waals surface area contributed by atoms with Crippen LogP contribution in [0.1, 0.15) is 38.9 Å². The molecule has 0 radical (unpaired) electrons. The number of methoxy groups -OCH3 is 6. The Bertz CT molecular complexity index is 1440. The maximum absolute atomic E-state index is 6.29. The van der Waals surface area contributed by atoms with E-state index < -0.39 is 8.07 Å². The van der Waals surface area contributed by atoms with Gasteiger partial charge in [0.1, 0.15) is 34.5 Å². The van der Waals surface area contributed by atoms with Gasteiger partial charge >= 0.3 is 21.7 Å². The maximum Gasteiger partial charge on any atom is 4.00 e. The van der Waals surface area contributed by atoms with Gasteiger partial charge in [-0.25, -0.2) is 0 Å². The molecule has 0 N–H and O–H groups in total. The first-order valence-corrected chi connectivity index (χ1v) is 16.4. The molecule has 0 fully saturated rings. The van der Waals surface area contributed by atoms with Crippen molar-refractivity contribution in [3.8, 4) is 34.5 Å². The summed E-state index contributed by atoms with van der Waals surface area (Å²) in [4.78, 5) is 0. The fourth-order valence-electron chi connectivity index (χ4n) is 6.77. The minimum atomic E-state index is -3.61. The SMILES string of the molecule is COc1cc(C)cc(OC)c1[Si](c1c(OC)cc(C)cc1OC)(c1c(OC)cc(C)cc1OC)[c-]1c(C)c(C)c(C)c1C.[Cl-].[Cl-].[Cl-].[Ti+4]. The molecule has 0 aliphatic rings. The number of ether oxygens (including phenoxy) is 6. The van der Waals surface area contributed by atoms with Gasteiger partial charge in [-0.15, -0.1) is 5.19 Å². The van der Waals surface area contributed by atoms with Crippen molar-refractivity contribution in [2.45, 2.75) is 48.5 Å². The van der Waals surface area contributed by atoms with E-state index in [-0.39, 0.29) is 58.9 Å². The third-order valence-corrected chi connectivity index (χ3v) is 14.1. The van der Waals surface area contributed by atoms with E-state index in [1.54, 1.807) is 42.7 Å². The minimum Gasteiger partial charge on any atom is -1.00 e. The standard InChI is InChI=1S/C36H45O6Si.3ClH.Ti/c1-20-14-27(37-8)34(28(15-20)38-9)43(33-25(6)23(4)24(5)26(33)7,35-29(39-10)16-21(2)17-30(35)40-11)36-31(41-12)18-22(3)19-32(36)42-13;;;;/h14-19H,1-13H3;3*1H;/q-1;;;;+4/p-3. The zero-order valence-corrected chi connectivity index (χ0v) is 34.4. The van der Waals surface area contributed by atoms with Gasteiger partial charge in [0.2, 0.25) is 0 Å². The van der Waals surface area contributed by atoms with Crippen LogP contribution in [0.4, 0.5) is 0 Å². The van der Waals surface area contributed by atoms with Gasteiger partial charge in [0.25, 0.3) is 0 Å². The van der Waals surface area contributed by atoms with Crippen molar-refractivity contribution < 1.29 is 87.4 Å². The van der Waals surface area contributed by atoms with Crippen molar-refractivity contribution in [3.05, 3.63) is 75.3 Å². The van der Waals surface area contributed by atoms with E-state index in [1.165, 1.54) is 27.4 Å². The van der Waals surface area contributed by atoms with Gasteiger partial charge in [-0.1, -0.05) is 27.7 Å². The minimum absolute atomic E-state index is 0. The molecule has 47 heavy (non-hydrogen) atoms. The summed E-state index contributed by atoms with van der Waals surface area (Å²) in [6.07, 6.45) is 0. The van der Waals surface area contributed by atoms with E-state index in [9.17, 15) is 0 Å². The third-order valence-electron chi connectivity index (χ3n) is 8.89. The molecule has 4 rings (SSSR count). The topological polar surface area (TPSA) is 55.4 Å². The molecule has 11 heteroatoms. The normalized spacial score (nSPS) is 10.4. The van der Waals surface area contributed by atoms with E-state index in [0.717, 1.165) is 32.3 Å². The summed E-state index contributed by atoms with van der Waals surface area (Å²) in [7, 11) is 6.67. The molecule has 0 aliphatic carbocycles. The van der Waals surface area contributed by atoms with Crippen LogP contribution in [-0.4, -0.2) is 50.7 Å². The van der Waals surface area contributed by atoms with Gasteiger partial charge < -0.3 is 65.6 Å². The predicted octanol–water partition coefficient (Wildman–Crippen LogP) is -4.00. The van der Waals surface area contributed by atoms with Crippen molar-refractivity contribution in [1.29, 1.82) is 0 Å². The average molecular weight is 756 g/mol. The van der Waals surface area contributed by atoms with Crippen LogP contribution in [0.25, 0.3) is 0 Å². The van der Waals surface area contributed by atoms with Gasteiger partial charge in [-0.2, -0.15) is 22.3 Å². The molecule has 0 aromatic heterocycles. The molecule has 0 amide bonds. The maximum atomic E-state index is 6.29. The van der Waals surface area contributed by atoms with Gasteiger partial charge in [0.15, 0.2) is 8.07 Å². The van der Waals surface area contributed by atoms with Crippen LogP contribution < -0.4 is 86.4 Å². The molecule has 0 unspecified atom stereocenters. The molecule has 4 aromatic rings. The summed E-state index contributed by atoms with van der Waals surface area (Å²) in [6.45, 7) is 14.9. The fraction of sp³-hybridized carbons (Fsp3) is 0.361. The zero-order chi connectivity index (χ0) is 31.8. The Kier molecular flexibility index (Phi) is 16.9. The Morgan fingerprint density at radius 1 is 0.404 bits per heavy atom. The summed E-state index contributed by atoms with van der Waals surface area (Å²) >= 11 is 0. The smallest absolute Gasteiger partial charge is 1.00 e. The Labute approximate surface area is 315 Å². The quantitative estimate of drug-likeness (QED) is 0.0937. The largest absolute Gasteiger partial charge is 4.00 e. The predicted molar refractivity (Wildman–Crippen MR) is 178 cm³/mol. The van der Waals surface area contributed by atoms with Crippen LogP contribution in [0.3, 0.4) is 0 Å². The molecule has 254 valence electrons. The van der Waals surface area contributed by atoms with E-state index >= 15 is 0 Å². The summed E-state index contributed by atoms with van der Waals surface area (Å²) in [6, 6.07) is 12.5. The molecule has 0 bridgehead atoms. The first kappa shape index (κ1) is 44.6. The first-order chi connectivity index (χ1) is 20.5. The average Bonchev–Trinajstić information content (AvgIpc) is 3.19. The Morgan fingerprint density at radius 3 is 0.766 bits per heavy atom. The Hall–Kier alpha value is -2.39. The second kappa shape index (κ2) is 17.8. The molecule has 0 saturated heterocycles. The third kappa shape index (κ3) is 7.31. The molecule has 0 saturated carbocycles. The van der Waals surface area contributed by atoms with Crippen molar-refractivity contribution in [2.24, 2.45) is 0 Å². The monoisotopic (exact) mass is 754 g/mol. The van der Waals surface area contributed by atoms with Crippen LogP contribution in [0.5, 0.6) is 34.5 Å². The Morgan fingerprint density at radius 2 is 0.596 bits per heavy atom. The molecular weight excluding hydrogens is 711 g/mol. The van der Waals surface area contributed by atoms with Crippen LogP contribution in [0, 0.1) is 48.5 Å². The van der Waals surface area contributed by atoms with Crippen LogP contribution in [-0.2, 0) is 21.7 Å². The van der Waals surface area contributed by atoms with Crippen molar-refractivity contribution >= 4 is 28.8 Å². The molecule has 6 nitrogen and oxygen atoms in total. The second-order valence-corrected chi connectivity index (χ2v) is 14.8. The van der Waals surface area contributed by atoms with E-state index in [0.29, 0.717) is 34.5 Å². The van der Waals surface area contributed by atoms with Gasteiger partial charge in [0, 0.05) is 15.6 Å². The fourth-order valence-corrected chi connectivity index (χ4v) is 13.0. The zero-order valence-electron chi connectivity index (χ0n) is 29.5. The van der Waals surface area contributed by atoms with Crippen molar-refractivity contribution in [2.75, 3.05) is 42.7 Å². The molecular formula is C36H45Cl3O6SiTi. The summed E-state index contributed by atoms with van der Waals surface area (Å²) in [5.74, 6) is 4.30. The molecule has 0 spiro atoms. The number of benzene rings is 3. The van der Waals surface area contributed by atoms with Crippen LogP contribution in [0.15, 0.2) is 36.4 Å². The number of hydrogen-bond acceptors (Lipinski definition) is 6. The van der Waals surface area contributed by atoms with Gasteiger partial charge in [0.05, 0.1) is 42.7 Å². The molecule has 0 aliphatic heterocycles. The molecule has 4 aromatic carbocycles. The number of halogens is 3.